The van der Waals surface area contributed by atoms with E-state index in [0.29, 0.717) is 6.04 Å². The Morgan fingerprint density at radius 2 is 2.06 bits per heavy atom. The first kappa shape index (κ1) is 13.4. The highest BCUT2D eigenvalue weighted by Crippen LogP contribution is 2.16. The molecule has 2 nitrogen and oxygen atoms in total. The number of benzene rings is 1. The van der Waals surface area contributed by atoms with Gasteiger partial charge in [-0.3, -0.25) is 0 Å². The highest BCUT2D eigenvalue weighted by molar-refractivity contribution is 5.27. The van der Waals surface area contributed by atoms with Gasteiger partial charge in [0.05, 0.1) is 6.61 Å². The maximum Gasteiger partial charge on any atom is 0.119 e. The Balaban J connectivity index is 1.74. The second-order valence-electron chi connectivity index (χ2n) is 5.20. The third kappa shape index (κ3) is 4.34. The van der Waals surface area contributed by atoms with Crippen LogP contribution in [0.5, 0.6) is 5.75 Å². The van der Waals surface area contributed by atoms with Gasteiger partial charge in [-0.25, -0.2) is 0 Å². The van der Waals surface area contributed by atoms with E-state index in [4.69, 9.17) is 4.74 Å². The van der Waals surface area contributed by atoms with Gasteiger partial charge in [0, 0.05) is 6.04 Å². The number of hydrogen-bond acceptors (Lipinski definition) is 2. The molecule has 1 aromatic carbocycles. The first-order chi connectivity index (χ1) is 8.88. The van der Waals surface area contributed by atoms with E-state index in [9.17, 15) is 0 Å². The first-order valence-electron chi connectivity index (χ1n) is 7.33. The number of ether oxygens (including phenoxy) is 1. The normalized spacial score (nSPS) is 19.1. The number of nitrogens with one attached hydrogen (secondary N) is 1. The monoisotopic (exact) mass is 247 g/mol. The van der Waals surface area contributed by atoms with Crippen LogP contribution in [-0.2, 0) is 6.42 Å². The van der Waals surface area contributed by atoms with Gasteiger partial charge >= 0.3 is 0 Å². The van der Waals surface area contributed by atoms with E-state index < -0.39 is 0 Å². The molecule has 18 heavy (non-hydrogen) atoms. The smallest absolute Gasteiger partial charge is 0.119 e. The quantitative estimate of drug-likeness (QED) is 0.744. The van der Waals surface area contributed by atoms with Crippen molar-refractivity contribution >= 4 is 0 Å². The molecule has 2 rings (SSSR count). The molecule has 100 valence electrons. The summed E-state index contributed by atoms with van der Waals surface area (Å²) in [4.78, 5) is 0. The summed E-state index contributed by atoms with van der Waals surface area (Å²) < 4.78 is 5.72. The number of hydrogen-bond donors (Lipinski definition) is 1. The summed E-state index contributed by atoms with van der Waals surface area (Å²) in [6, 6.07) is 9.30. The predicted molar refractivity (Wildman–Crippen MR) is 76.2 cm³/mol. The Morgan fingerprint density at radius 1 is 1.22 bits per heavy atom. The molecule has 1 aliphatic heterocycles. The van der Waals surface area contributed by atoms with E-state index in [0.717, 1.165) is 25.2 Å². The van der Waals surface area contributed by atoms with Gasteiger partial charge in [0.2, 0.25) is 0 Å². The maximum absolute atomic E-state index is 5.72. The molecule has 0 spiro atoms. The van der Waals surface area contributed by atoms with Crippen LogP contribution in [0, 0.1) is 0 Å². The lowest BCUT2D eigenvalue weighted by atomic mass is 10.0. The molecule has 0 radical (unpaired) electrons. The zero-order valence-electron chi connectivity index (χ0n) is 11.5. The topological polar surface area (TPSA) is 21.3 Å². The molecule has 0 aromatic heterocycles. The first-order valence-corrected chi connectivity index (χ1v) is 7.33. The van der Waals surface area contributed by atoms with Crippen LogP contribution in [0.4, 0.5) is 0 Å². The van der Waals surface area contributed by atoms with Gasteiger partial charge in [0.1, 0.15) is 5.75 Å². The van der Waals surface area contributed by atoms with Gasteiger partial charge in [-0.05, 0) is 49.9 Å². The standard InChI is InChI=1S/C16H25NO/c1-2-3-4-12-18-16-9-7-14(8-10-16)13-15-6-5-11-17-15/h7-10,15,17H,2-6,11-13H2,1H3. The average Bonchev–Trinajstić information content (AvgIpc) is 2.89. The van der Waals surface area contributed by atoms with Gasteiger partial charge in [-0.2, -0.15) is 0 Å². The van der Waals surface area contributed by atoms with Crippen molar-refractivity contribution in [1.82, 2.24) is 5.32 Å². The van der Waals surface area contributed by atoms with E-state index >= 15 is 0 Å². The van der Waals surface area contributed by atoms with Crippen LogP contribution in [0.3, 0.4) is 0 Å². The van der Waals surface area contributed by atoms with Gasteiger partial charge in [0.25, 0.3) is 0 Å². The fourth-order valence-corrected chi connectivity index (χ4v) is 2.48. The van der Waals surface area contributed by atoms with E-state index in [1.807, 2.05) is 0 Å². The van der Waals surface area contributed by atoms with Gasteiger partial charge in [-0.15, -0.1) is 0 Å². The Hall–Kier alpha value is -1.02. The second-order valence-corrected chi connectivity index (χ2v) is 5.20. The van der Waals surface area contributed by atoms with Crippen LogP contribution in [0.1, 0.15) is 44.6 Å². The molecular formula is C16H25NO. The molecule has 0 aliphatic carbocycles. The number of unbranched alkanes of at least 4 members (excludes halogenated alkanes) is 2. The third-order valence-corrected chi connectivity index (χ3v) is 3.58. The van der Waals surface area contributed by atoms with E-state index in [-0.39, 0.29) is 0 Å². The number of rotatable bonds is 7. The fourth-order valence-electron chi connectivity index (χ4n) is 2.48. The molecule has 1 aromatic rings. The summed E-state index contributed by atoms with van der Waals surface area (Å²) in [5, 5.41) is 3.54. The third-order valence-electron chi connectivity index (χ3n) is 3.58. The lowest BCUT2D eigenvalue weighted by Crippen LogP contribution is -2.23. The highest BCUT2D eigenvalue weighted by Gasteiger charge is 2.13. The van der Waals surface area contributed by atoms with Crippen molar-refractivity contribution in [3.63, 3.8) is 0 Å². The summed E-state index contributed by atoms with van der Waals surface area (Å²) in [5.74, 6) is 1.01. The van der Waals surface area contributed by atoms with Gasteiger partial charge < -0.3 is 10.1 Å². The molecule has 1 unspecified atom stereocenters. The largest absolute Gasteiger partial charge is 0.494 e. The van der Waals surface area contributed by atoms with Crippen molar-refractivity contribution in [2.24, 2.45) is 0 Å². The molecule has 1 N–H and O–H groups in total. The van der Waals surface area contributed by atoms with E-state index in [1.165, 1.54) is 37.8 Å². The summed E-state index contributed by atoms with van der Waals surface area (Å²) >= 11 is 0. The summed E-state index contributed by atoms with van der Waals surface area (Å²) in [6.45, 7) is 4.24. The van der Waals surface area contributed by atoms with Crippen molar-refractivity contribution in [3.05, 3.63) is 29.8 Å². The second kappa shape index (κ2) is 7.42. The minimum atomic E-state index is 0.682. The fraction of sp³-hybridized carbons (Fsp3) is 0.625. The average molecular weight is 247 g/mol. The summed E-state index contributed by atoms with van der Waals surface area (Å²) in [7, 11) is 0. The Morgan fingerprint density at radius 3 is 2.72 bits per heavy atom. The molecule has 0 amide bonds. The van der Waals surface area contributed by atoms with E-state index in [2.05, 4.69) is 36.5 Å². The molecule has 2 heteroatoms. The molecule has 0 saturated carbocycles. The Bertz CT molecular complexity index is 327. The zero-order chi connectivity index (χ0) is 12.6. The lowest BCUT2D eigenvalue weighted by molar-refractivity contribution is 0.306. The maximum atomic E-state index is 5.72. The minimum absolute atomic E-state index is 0.682. The van der Waals surface area contributed by atoms with Crippen molar-refractivity contribution < 1.29 is 4.74 Å². The van der Waals surface area contributed by atoms with Crippen LogP contribution in [0.15, 0.2) is 24.3 Å². The lowest BCUT2D eigenvalue weighted by Gasteiger charge is -2.11. The molecule has 1 aliphatic rings. The summed E-state index contributed by atoms with van der Waals surface area (Å²) in [5.41, 5.74) is 1.41. The molecule has 1 atom stereocenters. The van der Waals surface area contributed by atoms with Crippen LogP contribution in [0.25, 0.3) is 0 Å². The SMILES string of the molecule is CCCCCOc1ccc(CC2CCCN2)cc1. The Kier molecular flexibility index (Phi) is 5.53. The van der Waals surface area contributed by atoms with Crippen molar-refractivity contribution in [2.45, 2.75) is 51.5 Å². The molecule has 1 fully saturated rings. The Labute approximate surface area is 111 Å². The predicted octanol–water partition coefficient (Wildman–Crippen LogP) is 3.55. The van der Waals surface area contributed by atoms with Crippen LogP contribution in [-0.4, -0.2) is 19.2 Å². The van der Waals surface area contributed by atoms with Gasteiger partial charge in [-0.1, -0.05) is 31.9 Å². The molecule has 1 saturated heterocycles. The van der Waals surface area contributed by atoms with Crippen molar-refractivity contribution in [3.8, 4) is 5.75 Å². The van der Waals surface area contributed by atoms with Crippen LogP contribution < -0.4 is 10.1 Å². The van der Waals surface area contributed by atoms with Gasteiger partial charge in [0.15, 0.2) is 0 Å². The molecule has 1 heterocycles. The molecule has 0 bridgehead atoms. The van der Waals surface area contributed by atoms with Crippen molar-refractivity contribution in [2.75, 3.05) is 13.2 Å². The molecular weight excluding hydrogens is 222 g/mol. The zero-order valence-corrected chi connectivity index (χ0v) is 11.5. The highest BCUT2D eigenvalue weighted by atomic mass is 16.5. The van der Waals surface area contributed by atoms with E-state index in [1.54, 1.807) is 0 Å². The summed E-state index contributed by atoms with van der Waals surface area (Å²) in [6.07, 6.45) is 7.45. The van der Waals surface area contributed by atoms with Crippen LogP contribution >= 0.6 is 0 Å². The van der Waals surface area contributed by atoms with Crippen molar-refractivity contribution in [1.29, 1.82) is 0 Å². The minimum Gasteiger partial charge on any atom is -0.494 e. The van der Waals surface area contributed by atoms with Crippen LogP contribution in [0.2, 0.25) is 0 Å².